The summed E-state index contributed by atoms with van der Waals surface area (Å²) in [6, 6.07) is 5.94. The van der Waals surface area contributed by atoms with E-state index in [9.17, 15) is 4.79 Å². The minimum Gasteiger partial charge on any atom is -0.369 e. The summed E-state index contributed by atoms with van der Waals surface area (Å²) in [4.78, 5) is 20.4. The molecule has 24 heavy (non-hydrogen) atoms. The zero-order chi connectivity index (χ0) is 17.1. The molecule has 0 fully saturated rings. The number of hydrogen-bond donors (Lipinski definition) is 2. The zero-order valence-corrected chi connectivity index (χ0v) is 13.7. The third-order valence-electron chi connectivity index (χ3n) is 4.03. The average molecular weight is 324 g/mol. The lowest BCUT2D eigenvalue weighted by molar-refractivity contribution is -0.121. The highest BCUT2D eigenvalue weighted by molar-refractivity contribution is 5.91. The van der Waals surface area contributed by atoms with Gasteiger partial charge in [0.25, 0.3) is 0 Å². The van der Waals surface area contributed by atoms with Crippen LogP contribution in [0.1, 0.15) is 11.1 Å². The van der Waals surface area contributed by atoms with Gasteiger partial charge >= 0.3 is 0 Å². The van der Waals surface area contributed by atoms with Crippen LogP contribution in [0.15, 0.2) is 36.9 Å². The molecule has 2 heterocycles. The van der Waals surface area contributed by atoms with Crippen molar-refractivity contribution in [2.24, 2.45) is 18.7 Å². The van der Waals surface area contributed by atoms with Gasteiger partial charge in [-0.05, 0) is 30.5 Å². The Labute approximate surface area is 139 Å². The molecule has 0 aliphatic heterocycles. The van der Waals surface area contributed by atoms with Crippen molar-refractivity contribution in [3.63, 3.8) is 0 Å². The Kier molecular flexibility index (Phi) is 4.41. The molecule has 0 aliphatic carbocycles. The van der Waals surface area contributed by atoms with Gasteiger partial charge in [0, 0.05) is 25.2 Å². The first kappa shape index (κ1) is 15.9. The topological polar surface area (TPSA) is 98.7 Å². The fraction of sp³-hybridized carbons (Fsp3) is 0.294. The molecule has 124 valence electrons. The molecule has 7 heteroatoms. The second kappa shape index (κ2) is 6.66. The van der Waals surface area contributed by atoms with Crippen molar-refractivity contribution in [2.45, 2.75) is 13.3 Å². The molecule has 2 aromatic heterocycles. The number of carbonyl (C=O) groups excluding carboxylic acids is 1. The predicted octanol–water partition coefficient (Wildman–Crippen LogP) is 1.43. The molecule has 0 radical (unpaired) electrons. The molecule has 3 aromatic rings. The predicted molar refractivity (Wildman–Crippen MR) is 92.4 cm³/mol. The van der Waals surface area contributed by atoms with Crippen molar-refractivity contribution in [3.05, 3.63) is 48.0 Å². The van der Waals surface area contributed by atoms with Crippen LogP contribution in [0, 0.1) is 12.8 Å². The Morgan fingerprint density at radius 3 is 2.92 bits per heavy atom. The summed E-state index contributed by atoms with van der Waals surface area (Å²) < 4.78 is 1.71. The summed E-state index contributed by atoms with van der Waals surface area (Å²) in [6.45, 7) is 2.41. The van der Waals surface area contributed by atoms with E-state index in [1.54, 1.807) is 10.9 Å². The number of anilines is 1. The molecule has 0 aliphatic rings. The van der Waals surface area contributed by atoms with Crippen LogP contribution in [-0.2, 0) is 18.3 Å². The van der Waals surface area contributed by atoms with Crippen LogP contribution in [0.25, 0.3) is 10.9 Å². The van der Waals surface area contributed by atoms with Crippen molar-refractivity contribution in [2.75, 3.05) is 11.9 Å². The van der Waals surface area contributed by atoms with E-state index < -0.39 is 0 Å². The van der Waals surface area contributed by atoms with Crippen LogP contribution in [0.4, 0.5) is 5.82 Å². The number of fused-ring (bicyclic) bond motifs is 1. The molecule has 1 aromatic carbocycles. The van der Waals surface area contributed by atoms with Crippen LogP contribution in [0.5, 0.6) is 0 Å². The number of nitrogens with one attached hydrogen (secondary N) is 1. The largest absolute Gasteiger partial charge is 0.369 e. The molecule has 0 spiro atoms. The second-order valence-electron chi connectivity index (χ2n) is 5.90. The van der Waals surface area contributed by atoms with E-state index in [1.807, 2.05) is 38.4 Å². The summed E-state index contributed by atoms with van der Waals surface area (Å²) in [6.07, 6.45) is 5.70. The highest BCUT2D eigenvalue weighted by atomic mass is 16.1. The lowest BCUT2D eigenvalue weighted by atomic mass is 10.0. The molecule has 1 unspecified atom stereocenters. The number of hydrogen-bond acceptors (Lipinski definition) is 5. The van der Waals surface area contributed by atoms with Gasteiger partial charge in [0.15, 0.2) is 0 Å². The fourth-order valence-electron chi connectivity index (χ4n) is 2.73. The number of carbonyl (C=O) groups is 1. The molecular formula is C17H20N6O. The summed E-state index contributed by atoms with van der Waals surface area (Å²) in [5.74, 6) is 0.0195. The van der Waals surface area contributed by atoms with Gasteiger partial charge in [-0.3, -0.25) is 9.48 Å². The number of nitrogens with zero attached hydrogens (tertiary/aromatic N) is 4. The summed E-state index contributed by atoms with van der Waals surface area (Å²) in [5.41, 5.74) is 8.52. The molecule has 3 N–H and O–H groups in total. The monoisotopic (exact) mass is 324 g/mol. The minimum absolute atomic E-state index is 0.343. The Bertz CT molecular complexity index is 872. The van der Waals surface area contributed by atoms with Gasteiger partial charge in [0.2, 0.25) is 5.91 Å². The van der Waals surface area contributed by atoms with Crippen LogP contribution >= 0.6 is 0 Å². The maximum atomic E-state index is 11.8. The lowest BCUT2D eigenvalue weighted by Crippen LogP contribution is -2.31. The zero-order valence-electron chi connectivity index (χ0n) is 13.7. The first-order chi connectivity index (χ1) is 11.5. The number of aromatic nitrogens is 4. The highest BCUT2D eigenvalue weighted by Gasteiger charge is 2.17. The van der Waals surface area contributed by atoms with E-state index >= 15 is 0 Å². The third-order valence-corrected chi connectivity index (χ3v) is 4.03. The molecule has 1 amide bonds. The lowest BCUT2D eigenvalue weighted by Gasteiger charge is -2.15. The summed E-state index contributed by atoms with van der Waals surface area (Å²) in [7, 11) is 1.84. The number of benzene rings is 1. The van der Waals surface area contributed by atoms with Gasteiger partial charge in [-0.1, -0.05) is 12.1 Å². The average Bonchev–Trinajstić information content (AvgIpc) is 2.97. The van der Waals surface area contributed by atoms with Crippen molar-refractivity contribution >= 4 is 22.6 Å². The highest BCUT2D eigenvalue weighted by Crippen LogP contribution is 2.22. The van der Waals surface area contributed by atoms with E-state index in [0.717, 1.165) is 22.0 Å². The maximum absolute atomic E-state index is 11.8. The number of rotatable bonds is 6. The summed E-state index contributed by atoms with van der Waals surface area (Å²) in [5, 5.41) is 8.30. The molecular weight excluding hydrogens is 304 g/mol. The molecule has 0 saturated heterocycles. The molecule has 0 saturated carbocycles. The van der Waals surface area contributed by atoms with E-state index in [-0.39, 0.29) is 11.8 Å². The van der Waals surface area contributed by atoms with Crippen LogP contribution in [-0.4, -0.2) is 32.2 Å². The molecule has 7 nitrogen and oxygen atoms in total. The minimum atomic E-state index is -0.346. The van der Waals surface area contributed by atoms with Crippen molar-refractivity contribution in [1.29, 1.82) is 0 Å². The number of aryl methyl sites for hydroxylation is 2. The standard InChI is InChI=1S/C17H20N6O/c1-11-4-3-5-14-15(11)20-10-21-17(14)19-8-13(16(18)24)6-12-7-22-23(2)9-12/h3-5,7,9-10,13H,6,8H2,1-2H3,(H2,18,24)(H,19,20,21). The van der Waals surface area contributed by atoms with Crippen molar-refractivity contribution in [1.82, 2.24) is 19.7 Å². The SMILES string of the molecule is Cc1cccc2c(NCC(Cc3cnn(C)c3)C(N)=O)ncnc12. The number of amides is 1. The van der Waals surface area contributed by atoms with Gasteiger partial charge < -0.3 is 11.1 Å². The molecule has 3 rings (SSSR count). The van der Waals surface area contributed by atoms with Crippen LogP contribution in [0.3, 0.4) is 0 Å². The number of primary amides is 1. The van der Waals surface area contributed by atoms with Gasteiger partial charge in [0.1, 0.15) is 12.1 Å². The Hall–Kier alpha value is -2.96. The van der Waals surface area contributed by atoms with Crippen LogP contribution < -0.4 is 11.1 Å². The number of para-hydroxylation sites is 1. The van der Waals surface area contributed by atoms with Crippen LogP contribution in [0.2, 0.25) is 0 Å². The molecule has 1 atom stereocenters. The first-order valence-corrected chi connectivity index (χ1v) is 7.75. The Morgan fingerprint density at radius 2 is 2.21 bits per heavy atom. The van der Waals surface area contributed by atoms with E-state index in [1.165, 1.54) is 6.33 Å². The Morgan fingerprint density at radius 1 is 1.38 bits per heavy atom. The summed E-state index contributed by atoms with van der Waals surface area (Å²) >= 11 is 0. The van der Waals surface area contributed by atoms with Crippen molar-refractivity contribution < 1.29 is 4.79 Å². The van der Waals surface area contributed by atoms with Gasteiger partial charge in [-0.2, -0.15) is 5.10 Å². The normalized spacial score (nSPS) is 12.2. The van der Waals surface area contributed by atoms with Gasteiger partial charge in [-0.25, -0.2) is 9.97 Å². The van der Waals surface area contributed by atoms with Crippen molar-refractivity contribution in [3.8, 4) is 0 Å². The molecule has 0 bridgehead atoms. The Balaban J connectivity index is 1.78. The smallest absolute Gasteiger partial charge is 0.222 e. The third kappa shape index (κ3) is 3.34. The number of nitrogens with two attached hydrogens (primary N) is 1. The van der Waals surface area contributed by atoms with E-state index in [2.05, 4.69) is 20.4 Å². The first-order valence-electron chi connectivity index (χ1n) is 7.75. The van der Waals surface area contributed by atoms with Gasteiger partial charge in [0.05, 0.1) is 17.6 Å². The van der Waals surface area contributed by atoms with Gasteiger partial charge in [-0.15, -0.1) is 0 Å². The second-order valence-corrected chi connectivity index (χ2v) is 5.90. The maximum Gasteiger partial charge on any atom is 0.222 e. The fourth-order valence-corrected chi connectivity index (χ4v) is 2.73. The van der Waals surface area contributed by atoms with E-state index in [0.29, 0.717) is 18.8 Å². The van der Waals surface area contributed by atoms with E-state index in [4.69, 9.17) is 5.73 Å². The quantitative estimate of drug-likeness (QED) is 0.714.